The summed E-state index contributed by atoms with van der Waals surface area (Å²) in [6.07, 6.45) is 24.7. The predicted octanol–water partition coefficient (Wildman–Crippen LogP) is 6.27. The van der Waals surface area contributed by atoms with Gasteiger partial charge in [0, 0.05) is 16.0 Å². The standard InChI is InChI=1S/C33H26IN5O/c1-39(2)20-31(34)29-6-4-3-5-21(29)7-14-33(40)30-18-28-17-26-11-10-24(36-26)15-22-8-9-23(35-22)16-25-12-13-27(37-25)19-32(30)38-28/h3-19,31H,20H2,1-2H3. The van der Waals surface area contributed by atoms with Gasteiger partial charge in [-0.25, -0.2) is 20.0 Å². The van der Waals surface area contributed by atoms with E-state index in [0.29, 0.717) is 20.9 Å². The smallest absolute Gasteiger partial charge is 0.188 e. The van der Waals surface area contributed by atoms with Crippen LogP contribution in [0.2, 0.25) is 0 Å². The number of carbonyl (C=O) groups excluding carboxylic acids is 1. The Morgan fingerprint density at radius 1 is 0.775 bits per heavy atom. The molecule has 5 aliphatic heterocycles. The molecule has 0 amide bonds. The second-order valence-electron chi connectivity index (χ2n) is 10.00. The highest BCUT2D eigenvalue weighted by Crippen LogP contribution is 2.29. The fraction of sp³-hybridized carbons (Fsp3) is 0.121. The topological polar surface area (TPSA) is 69.8 Å². The van der Waals surface area contributed by atoms with Gasteiger partial charge in [-0.15, -0.1) is 0 Å². The van der Waals surface area contributed by atoms with E-state index in [1.807, 2.05) is 85.0 Å². The van der Waals surface area contributed by atoms with Gasteiger partial charge in [-0.05, 0) is 98.1 Å². The van der Waals surface area contributed by atoms with Crippen LogP contribution in [0.15, 0.2) is 146 Å². The molecule has 0 radical (unpaired) electrons. The van der Waals surface area contributed by atoms with E-state index >= 15 is 0 Å². The van der Waals surface area contributed by atoms with Crippen molar-refractivity contribution in [3.05, 3.63) is 137 Å². The number of likely N-dealkylation sites (N-methyl/N-ethyl adjacent to an activating group) is 1. The van der Waals surface area contributed by atoms with Gasteiger partial charge in [-0.3, -0.25) is 4.79 Å². The minimum Gasteiger partial charge on any atom is -0.308 e. The van der Waals surface area contributed by atoms with E-state index in [1.54, 1.807) is 6.08 Å². The fourth-order valence-electron chi connectivity index (χ4n) is 4.72. The van der Waals surface area contributed by atoms with E-state index in [4.69, 9.17) is 9.98 Å². The molecule has 40 heavy (non-hydrogen) atoms. The summed E-state index contributed by atoms with van der Waals surface area (Å²) in [6, 6.07) is 8.21. The monoisotopic (exact) mass is 635 g/mol. The Bertz CT molecular complexity index is 1710. The van der Waals surface area contributed by atoms with Crippen molar-refractivity contribution in [1.29, 1.82) is 0 Å². The van der Waals surface area contributed by atoms with Crippen molar-refractivity contribution in [2.24, 2.45) is 20.0 Å². The van der Waals surface area contributed by atoms with Crippen molar-refractivity contribution in [3.8, 4) is 0 Å². The lowest BCUT2D eigenvalue weighted by atomic mass is 10.0. The minimum atomic E-state index is -0.111. The number of ketones is 1. The molecule has 0 aromatic heterocycles. The molecule has 7 heteroatoms. The lowest BCUT2D eigenvalue weighted by Gasteiger charge is -2.17. The van der Waals surface area contributed by atoms with Gasteiger partial charge in [0.05, 0.1) is 45.6 Å². The number of rotatable bonds is 6. The first kappa shape index (κ1) is 26.2. The third-order valence-corrected chi connectivity index (χ3v) is 7.64. The molecule has 8 bridgehead atoms. The lowest BCUT2D eigenvalue weighted by Crippen LogP contribution is -2.17. The minimum absolute atomic E-state index is 0.111. The zero-order valence-electron chi connectivity index (χ0n) is 22.1. The molecule has 6 nitrogen and oxygen atoms in total. The first-order chi connectivity index (χ1) is 19.4. The molecular weight excluding hydrogens is 609 g/mol. The molecule has 5 aliphatic rings. The first-order valence-electron chi connectivity index (χ1n) is 13.0. The molecule has 0 fully saturated rings. The number of carbonyl (C=O) groups is 1. The maximum absolute atomic E-state index is 13.6. The zero-order valence-corrected chi connectivity index (χ0v) is 24.3. The molecule has 0 saturated carbocycles. The van der Waals surface area contributed by atoms with Gasteiger partial charge in [0.15, 0.2) is 5.78 Å². The summed E-state index contributed by atoms with van der Waals surface area (Å²) in [4.78, 5) is 34.6. The Kier molecular flexibility index (Phi) is 7.32. The molecule has 1 atom stereocenters. The van der Waals surface area contributed by atoms with Gasteiger partial charge in [0.2, 0.25) is 0 Å². The average Bonchev–Trinajstić information content (AvgIpc) is 3.72. The summed E-state index contributed by atoms with van der Waals surface area (Å²) in [5.41, 5.74) is 8.79. The molecule has 196 valence electrons. The molecule has 0 spiro atoms. The van der Waals surface area contributed by atoms with Crippen LogP contribution in [0.4, 0.5) is 0 Å². The average molecular weight is 636 g/mol. The Labute approximate surface area is 247 Å². The molecule has 5 heterocycles. The quantitative estimate of drug-likeness (QED) is 0.210. The molecule has 1 aromatic rings. The molecule has 0 aliphatic carbocycles. The van der Waals surface area contributed by atoms with Crippen LogP contribution in [0.25, 0.3) is 6.08 Å². The summed E-state index contributed by atoms with van der Waals surface area (Å²) in [6.45, 7) is 0.911. The Morgan fingerprint density at radius 2 is 1.35 bits per heavy atom. The van der Waals surface area contributed by atoms with E-state index in [0.717, 1.165) is 46.3 Å². The largest absolute Gasteiger partial charge is 0.308 e. The van der Waals surface area contributed by atoms with Crippen LogP contribution in [-0.4, -0.2) is 54.2 Å². The second kappa shape index (κ2) is 11.2. The Balaban J connectivity index is 1.35. The van der Waals surface area contributed by atoms with Crippen molar-refractivity contribution in [1.82, 2.24) is 4.90 Å². The molecule has 1 aromatic carbocycles. The zero-order chi connectivity index (χ0) is 27.6. The predicted molar refractivity (Wildman–Crippen MR) is 173 cm³/mol. The lowest BCUT2D eigenvalue weighted by molar-refractivity contribution is -0.111. The van der Waals surface area contributed by atoms with Crippen LogP contribution in [0.5, 0.6) is 0 Å². The second-order valence-corrected chi connectivity index (χ2v) is 11.5. The third kappa shape index (κ3) is 5.90. The Morgan fingerprint density at radius 3 is 1.98 bits per heavy atom. The van der Waals surface area contributed by atoms with E-state index < -0.39 is 0 Å². The van der Waals surface area contributed by atoms with Crippen molar-refractivity contribution < 1.29 is 4.79 Å². The number of hydrogen-bond donors (Lipinski definition) is 0. The Hall–Kier alpha value is -4.08. The van der Waals surface area contributed by atoms with Gasteiger partial charge in [-0.1, -0.05) is 52.9 Å². The number of alkyl halides is 1. The summed E-state index contributed by atoms with van der Waals surface area (Å²) in [5.74, 6) is -0.111. The van der Waals surface area contributed by atoms with E-state index in [-0.39, 0.29) is 5.78 Å². The van der Waals surface area contributed by atoms with Crippen LogP contribution < -0.4 is 0 Å². The summed E-state index contributed by atoms with van der Waals surface area (Å²) in [7, 11) is 4.13. The van der Waals surface area contributed by atoms with E-state index in [1.165, 1.54) is 5.56 Å². The highest BCUT2D eigenvalue weighted by molar-refractivity contribution is 14.1. The molecule has 6 rings (SSSR count). The summed E-state index contributed by atoms with van der Waals surface area (Å²) >= 11 is 2.46. The van der Waals surface area contributed by atoms with E-state index in [9.17, 15) is 4.79 Å². The highest BCUT2D eigenvalue weighted by Gasteiger charge is 2.21. The number of halogens is 1. The third-order valence-electron chi connectivity index (χ3n) is 6.58. The molecule has 0 saturated heterocycles. The number of fused-ring (bicyclic) bond motifs is 4. The fourth-order valence-corrected chi connectivity index (χ4v) is 6.07. The maximum atomic E-state index is 13.6. The maximum Gasteiger partial charge on any atom is 0.188 e. The van der Waals surface area contributed by atoms with Gasteiger partial charge in [0.25, 0.3) is 0 Å². The number of benzene rings is 1. The van der Waals surface area contributed by atoms with Crippen molar-refractivity contribution in [3.63, 3.8) is 0 Å². The van der Waals surface area contributed by atoms with Gasteiger partial charge >= 0.3 is 0 Å². The number of allylic oxidation sites excluding steroid dienone is 13. The van der Waals surface area contributed by atoms with Gasteiger partial charge < -0.3 is 4.90 Å². The molecular formula is C33H26IN5O. The van der Waals surface area contributed by atoms with Crippen LogP contribution in [0.3, 0.4) is 0 Å². The molecule has 1 unspecified atom stereocenters. The highest BCUT2D eigenvalue weighted by atomic mass is 127. The summed E-state index contributed by atoms with van der Waals surface area (Å²) in [5, 5.41) is 0. The number of aliphatic imine (C=N–C) groups is 4. The molecule has 0 N–H and O–H groups in total. The number of nitrogens with zero attached hydrogens (tertiary/aromatic N) is 5. The first-order valence-corrected chi connectivity index (χ1v) is 14.2. The summed E-state index contributed by atoms with van der Waals surface area (Å²) < 4.78 is 0.300. The van der Waals surface area contributed by atoms with Crippen LogP contribution >= 0.6 is 22.6 Å². The van der Waals surface area contributed by atoms with Crippen molar-refractivity contribution in [2.45, 2.75) is 3.92 Å². The SMILES string of the molecule is CN(C)CC(I)c1ccccc1C=CC(=O)C1=CC2=NC1=CC1=NC(=CC3=NC(=CC4=NC(=C2)C=C4)C=C3)C=C1. The van der Waals surface area contributed by atoms with Crippen LogP contribution in [0, 0.1) is 0 Å². The number of hydrogen-bond acceptors (Lipinski definition) is 6. The van der Waals surface area contributed by atoms with Crippen LogP contribution in [-0.2, 0) is 4.79 Å². The van der Waals surface area contributed by atoms with Gasteiger partial charge in [0.1, 0.15) is 0 Å². The van der Waals surface area contributed by atoms with Crippen molar-refractivity contribution >= 4 is 57.3 Å². The van der Waals surface area contributed by atoms with Gasteiger partial charge in [-0.2, -0.15) is 0 Å². The van der Waals surface area contributed by atoms with Crippen molar-refractivity contribution in [2.75, 3.05) is 20.6 Å². The van der Waals surface area contributed by atoms with E-state index in [2.05, 4.69) is 63.7 Å². The van der Waals surface area contributed by atoms with Crippen LogP contribution in [0.1, 0.15) is 15.1 Å². The normalized spacial score (nSPS) is 19.6.